The summed E-state index contributed by atoms with van der Waals surface area (Å²) in [6, 6.07) is 18.1. The molecule has 0 atom stereocenters. The van der Waals surface area contributed by atoms with Gasteiger partial charge in [0.1, 0.15) is 11.5 Å². The third-order valence-electron chi connectivity index (χ3n) is 5.94. The van der Waals surface area contributed by atoms with E-state index in [0.29, 0.717) is 72.8 Å². The molecule has 2 N–H and O–H groups in total. The van der Waals surface area contributed by atoms with Crippen molar-refractivity contribution >= 4 is 23.2 Å². The van der Waals surface area contributed by atoms with Gasteiger partial charge in [0, 0.05) is 24.1 Å². The van der Waals surface area contributed by atoms with Crippen molar-refractivity contribution in [3.8, 4) is 23.0 Å². The highest BCUT2D eigenvalue weighted by Gasteiger charge is 2.17. The number of benzene rings is 3. The first-order valence-electron chi connectivity index (χ1n) is 14.0. The van der Waals surface area contributed by atoms with Crippen molar-refractivity contribution in [2.45, 2.75) is 53.4 Å². The second-order valence-corrected chi connectivity index (χ2v) is 8.99. The molecule has 8 nitrogen and oxygen atoms in total. The van der Waals surface area contributed by atoms with Gasteiger partial charge in [0.05, 0.1) is 37.8 Å². The molecule has 0 aliphatic carbocycles. The van der Waals surface area contributed by atoms with Crippen molar-refractivity contribution in [3.05, 3.63) is 71.8 Å². The number of aryl methyl sites for hydroxylation is 1. The summed E-state index contributed by atoms with van der Waals surface area (Å²) in [7, 11) is 0. The fourth-order valence-corrected chi connectivity index (χ4v) is 3.98. The molecule has 0 spiro atoms. The Morgan fingerprint density at radius 2 is 1.30 bits per heavy atom. The highest BCUT2D eigenvalue weighted by Crippen LogP contribution is 2.37. The standard InChI is InChI=1S/C32H40N2O6/c1-5-9-19-40-27-17-15-23(20-30(27)39-8-4)16-18-31(35)33-25-21-29(38-7-3)26(22-28(25)37-6-2)34-32(36)24-13-11-10-12-14-24/h10-15,17,20-22H,5-9,16,18-19H2,1-4H3,(H,33,35)(H,34,36). The van der Waals surface area contributed by atoms with Crippen LogP contribution in [0.3, 0.4) is 0 Å². The summed E-state index contributed by atoms with van der Waals surface area (Å²) < 4.78 is 23.2. The second kappa shape index (κ2) is 16.0. The molecule has 3 aromatic rings. The molecule has 3 aromatic carbocycles. The van der Waals surface area contributed by atoms with Gasteiger partial charge in [-0.3, -0.25) is 9.59 Å². The molecule has 3 rings (SSSR count). The van der Waals surface area contributed by atoms with E-state index >= 15 is 0 Å². The Bertz CT molecular complexity index is 1250. The molecule has 8 heteroatoms. The number of carbonyl (C=O) groups excluding carboxylic acids is 2. The second-order valence-electron chi connectivity index (χ2n) is 8.99. The highest BCUT2D eigenvalue weighted by molar-refractivity contribution is 6.05. The van der Waals surface area contributed by atoms with Crippen LogP contribution in [-0.2, 0) is 11.2 Å². The number of anilines is 2. The molecule has 0 unspecified atom stereocenters. The van der Waals surface area contributed by atoms with E-state index in [2.05, 4.69) is 17.6 Å². The zero-order chi connectivity index (χ0) is 28.7. The van der Waals surface area contributed by atoms with Crippen LogP contribution in [0.25, 0.3) is 0 Å². The lowest BCUT2D eigenvalue weighted by Crippen LogP contribution is -2.16. The average Bonchev–Trinajstić information content (AvgIpc) is 2.96. The molecule has 0 saturated carbocycles. The van der Waals surface area contributed by atoms with Crippen LogP contribution in [0.4, 0.5) is 11.4 Å². The number of rotatable bonds is 16. The predicted octanol–water partition coefficient (Wildman–Crippen LogP) is 6.89. The summed E-state index contributed by atoms with van der Waals surface area (Å²) in [6.45, 7) is 9.70. The Kier molecular flexibility index (Phi) is 12.2. The fraction of sp³-hybridized carbons (Fsp3) is 0.375. The van der Waals surface area contributed by atoms with E-state index in [0.717, 1.165) is 18.4 Å². The maximum absolute atomic E-state index is 13.0. The van der Waals surface area contributed by atoms with E-state index in [4.69, 9.17) is 18.9 Å². The minimum atomic E-state index is -0.269. The Balaban J connectivity index is 1.73. The van der Waals surface area contributed by atoms with Gasteiger partial charge in [-0.05, 0) is 63.4 Å². The molecular weight excluding hydrogens is 508 g/mol. The van der Waals surface area contributed by atoms with E-state index in [1.54, 1.807) is 36.4 Å². The Labute approximate surface area is 237 Å². The molecule has 0 fully saturated rings. The first-order chi connectivity index (χ1) is 19.5. The molecule has 0 saturated heterocycles. The topological polar surface area (TPSA) is 95.1 Å². The maximum Gasteiger partial charge on any atom is 0.255 e. The van der Waals surface area contributed by atoms with Crippen LogP contribution in [0.2, 0.25) is 0 Å². The number of nitrogens with one attached hydrogen (secondary N) is 2. The molecule has 0 bridgehead atoms. The largest absolute Gasteiger partial charge is 0.492 e. The number of ether oxygens (including phenoxy) is 4. The van der Waals surface area contributed by atoms with Crippen molar-refractivity contribution in [1.82, 2.24) is 0 Å². The SMILES string of the molecule is CCCCOc1ccc(CCC(=O)Nc2cc(OCC)c(NC(=O)c3ccccc3)cc2OCC)cc1OCC. The molecule has 0 heterocycles. The Morgan fingerprint density at radius 3 is 1.93 bits per heavy atom. The van der Waals surface area contributed by atoms with Crippen LogP contribution in [0.15, 0.2) is 60.7 Å². The number of carbonyl (C=O) groups is 2. The first kappa shape index (κ1) is 30.3. The minimum Gasteiger partial charge on any atom is -0.492 e. The van der Waals surface area contributed by atoms with Crippen molar-refractivity contribution in [2.24, 2.45) is 0 Å². The van der Waals surface area contributed by atoms with Gasteiger partial charge in [-0.2, -0.15) is 0 Å². The minimum absolute atomic E-state index is 0.175. The third-order valence-corrected chi connectivity index (χ3v) is 5.94. The van der Waals surface area contributed by atoms with E-state index in [-0.39, 0.29) is 18.2 Å². The average molecular weight is 549 g/mol. The van der Waals surface area contributed by atoms with Gasteiger partial charge in [-0.15, -0.1) is 0 Å². The van der Waals surface area contributed by atoms with Crippen LogP contribution in [-0.4, -0.2) is 38.2 Å². The van der Waals surface area contributed by atoms with Gasteiger partial charge in [0.2, 0.25) is 5.91 Å². The zero-order valence-electron chi connectivity index (χ0n) is 23.9. The molecule has 0 aromatic heterocycles. The van der Waals surface area contributed by atoms with Crippen LogP contribution in [0.5, 0.6) is 23.0 Å². The number of unbranched alkanes of at least 4 members (excludes halogenated alkanes) is 1. The lowest BCUT2D eigenvalue weighted by Gasteiger charge is -2.18. The summed E-state index contributed by atoms with van der Waals surface area (Å²) >= 11 is 0. The van der Waals surface area contributed by atoms with Gasteiger partial charge in [0.15, 0.2) is 11.5 Å². The molecule has 40 heavy (non-hydrogen) atoms. The molecule has 2 amide bonds. The smallest absolute Gasteiger partial charge is 0.255 e. The normalized spacial score (nSPS) is 10.5. The molecule has 214 valence electrons. The predicted molar refractivity (Wildman–Crippen MR) is 158 cm³/mol. The van der Waals surface area contributed by atoms with E-state index in [1.807, 2.05) is 45.0 Å². The molecule has 0 radical (unpaired) electrons. The van der Waals surface area contributed by atoms with Crippen LogP contribution in [0, 0.1) is 0 Å². The fourth-order valence-electron chi connectivity index (χ4n) is 3.98. The quantitative estimate of drug-likeness (QED) is 0.189. The van der Waals surface area contributed by atoms with Crippen molar-refractivity contribution in [3.63, 3.8) is 0 Å². The summed E-state index contributed by atoms with van der Waals surface area (Å²) in [5.41, 5.74) is 2.43. The number of amides is 2. The van der Waals surface area contributed by atoms with Gasteiger partial charge < -0.3 is 29.6 Å². The van der Waals surface area contributed by atoms with Gasteiger partial charge in [-0.25, -0.2) is 0 Å². The van der Waals surface area contributed by atoms with Crippen LogP contribution >= 0.6 is 0 Å². The number of hydrogen-bond acceptors (Lipinski definition) is 6. The Hall–Kier alpha value is -4.20. The molecule has 0 aliphatic rings. The van der Waals surface area contributed by atoms with Crippen molar-refractivity contribution < 1.29 is 28.5 Å². The van der Waals surface area contributed by atoms with Crippen LogP contribution in [0.1, 0.15) is 62.9 Å². The van der Waals surface area contributed by atoms with Crippen LogP contribution < -0.4 is 29.6 Å². The van der Waals surface area contributed by atoms with E-state index in [9.17, 15) is 9.59 Å². The zero-order valence-corrected chi connectivity index (χ0v) is 23.9. The van der Waals surface area contributed by atoms with Gasteiger partial charge >= 0.3 is 0 Å². The van der Waals surface area contributed by atoms with Gasteiger partial charge in [0.25, 0.3) is 5.91 Å². The summed E-state index contributed by atoms with van der Waals surface area (Å²) in [5.74, 6) is 1.83. The monoisotopic (exact) mass is 548 g/mol. The molecular formula is C32H40N2O6. The lowest BCUT2D eigenvalue weighted by atomic mass is 10.1. The first-order valence-corrected chi connectivity index (χ1v) is 14.0. The Morgan fingerprint density at radius 1 is 0.675 bits per heavy atom. The van der Waals surface area contributed by atoms with E-state index < -0.39 is 0 Å². The lowest BCUT2D eigenvalue weighted by molar-refractivity contribution is -0.116. The third kappa shape index (κ3) is 8.93. The summed E-state index contributed by atoms with van der Waals surface area (Å²) in [4.78, 5) is 25.8. The van der Waals surface area contributed by atoms with Crippen molar-refractivity contribution in [2.75, 3.05) is 37.1 Å². The number of hydrogen-bond donors (Lipinski definition) is 2. The maximum atomic E-state index is 13.0. The molecule has 0 aliphatic heterocycles. The van der Waals surface area contributed by atoms with Gasteiger partial charge in [-0.1, -0.05) is 37.6 Å². The summed E-state index contributed by atoms with van der Waals surface area (Å²) in [5, 5.41) is 5.84. The highest BCUT2D eigenvalue weighted by atomic mass is 16.5. The van der Waals surface area contributed by atoms with Crippen molar-refractivity contribution in [1.29, 1.82) is 0 Å². The summed E-state index contributed by atoms with van der Waals surface area (Å²) in [6.07, 6.45) is 2.81. The van der Waals surface area contributed by atoms with E-state index in [1.165, 1.54) is 0 Å².